The van der Waals surface area contributed by atoms with Gasteiger partial charge in [-0.05, 0) is 44.9 Å². The number of allylic oxidation sites excluding steroid dienone is 2. The molecular weight excluding hydrogens is 636 g/mol. The summed E-state index contributed by atoms with van der Waals surface area (Å²) in [5, 5.41) is 0. The van der Waals surface area contributed by atoms with E-state index in [1.807, 2.05) is 0 Å². The molecule has 1 unspecified atom stereocenters. The first-order valence-corrected chi connectivity index (χ1v) is 22.2. The van der Waals surface area contributed by atoms with Crippen LogP contribution in [0.1, 0.15) is 239 Å². The van der Waals surface area contributed by atoms with E-state index in [2.05, 4.69) is 32.9 Å². The van der Waals surface area contributed by atoms with Gasteiger partial charge in [0.2, 0.25) is 0 Å². The van der Waals surface area contributed by atoms with E-state index in [9.17, 15) is 14.4 Å². The van der Waals surface area contributed by atoms with E-state index in [4.69, 9.17) is 14.2 Å². The predicted octanol–water partition coefficient (Wildman–Crippen LogP) is 13.9. The second-order valence-electron chi connectivity index (χ2n) is 15.0. The second-order valence-corrected chi connectivity index (χ2v) is 15.0. The van der Waals surface area contributed by atoms with E-state index >= 15 is 0 Å². The molecule has 0 aromatic carbocycles. The summed E-state index contributed by atoms with van der Waals surface area (Å²) in [4.78, 5) is 37.4. The molecule has 0 aromatic heterocycles. The van der Waals surface area contributed by atoms with Crippen LogP contribution in [-0.2, 0) is 28.6 Å². The molecule has 6 heteroatoms. The molecule has 0 N–H and O–H groups in total. The minimum absolute atomic E-state index is 0.0688. The maximum Gasteiger partial charge on any atom is 0.306 e. The van der Waals surface area contributed by atoms with E-state index in [1.54, 1.807) is 0 Å². The molecule has 300 valence electrons. The van der Waals surface area contributed by atoms with Crippen LogP contribution in [0, 0.1) is 0 Å². The summed E-state index contributed by atoms with van der Waals surface area (Å²) in [5.41, 5.74) is 0. The van der Waals surface area contributed by atoms with Crippen LogP contribution in [0.2, 0.25) is 0 Å². The van der Waals surface area contributed by atoms with Crippen LogP contribution in [0.3, 0.4) is 0 Å². The van der Waals surface area contributed by atoms with Gasteiger partial charge in [0.25, 0.3) is 0 Å². The zero-order valence-corrected chi connectivity index (χ0v) is 34.1. The Labute approximate surface area is 316 Å². The van der Waals surface area contributed by atoms with Crippen LogP contribution in [0.5, 0.6) is 0 Å². The molecule has 0 saturated heterocycles. The molecule has 0 aliphatic carbocycles. The molecule has 0 amide bonds. The standard InChI is InChI=1S/C45H84O6/c1-4-7-10-13-16-18-20-21-22-23-24-25-26-28-29-32-35-38-44(47)50-41-42(40-49-43(46)37-34-31-15-12-9-6-3)51-45(48)39-36-33-30-27-19-17-14-11-8-5-2/h21-22,42H,4-20,23-41H2,1-3H3/b22-21-. The van der Waals surface area contributed by atoms with Gasteiger partial charge in [0.15, 0.2) is 6.10 Å². The number of ether oxygens (including phenoxy) is 3. The number of carbonyl (C=O) groups is 3. The molecule has 0 bridgehead atoms. The largest absolute Gasteiger partial charge is 0.462 e. The van der Waals surface area contributed by atoms with Gasteiger partial charge in [-0.2, -0.15) is 0 Å². The molecule has 0 aromatic rings. The minimum Gasteiger partial charge on any atom is -0.462 e. The molecule has 0 spiro atoms. The Morgan fingerprint density at radius 1 is 0.373 bits per heavy atom. The van der Waals surface area contributed by atoms with Crippen molar-refractivity contribution >= 4 is 17.9 Å². The average molecular weight is 721 g/mol. The van der Waals surface area contributed by atoms with Crippen LogP contribution in [-0.4, -0.2) is 37.2 Å². The summed E-state index contributed by atoms with van der Waals surface area (Å²) >= 11 is 0. The zero-order valence-electron chi connectivity index (χ0n) is 34.1. The molecule has 0 saturated carbocycles. The van der Waals surface area contributed by atoms with Gasteiger partial charge in [-0.3, -0.25) is 14.4 Å². The molecule has 0 aliphatic rings. The summed E-state index contributed by atoms with van der Waals surface area (Å²) in [5.74, 6) is -0.879. The van der Waals surface area contributed by atoms with Gasteiger partial charge in [-0.25, -0.2) is 0 Å². The van der Waals surface area contributed by atoms with Crippen molar-refractivity contribution in [1.82, 2.24) is 0 Å². The first kappa shape index (κ1) is 49.1. The van der Waals surface area contributed by atoms with Crippen molar-refractivity contribution in [2.24, 2.45) is 0 Å². The van der Waals surface area contributed by atoms with Crippen molar-refractivity contribution in [3.05, 3.63) is 12.2 Å². The lowest BCUT2D eigenvalue weighted by Gasteiger charge is -2.18. The third-order valence-electron chi connectivity index (χ3n) is 9.77. The zero-order chi connectivity index (χ0) is 37.3. The van der Waals surface area contributed by atoms with Gasteiger partial charge >= 0.3 is 17.9 Å². The van der Waals surface area contributed by atoms with Gasteiger partial charge in [-0.15, -0.1) is 0 Å². The summed E-state index contributed by atoms with van der Waals surface area (Å²) in [6.45, 7) is 6.56. The fourth-order valence-corrected chi connectivity index (χ4v) is 6.38. The molecular formula is C45H84O6. The lowest BCUT2D eigenvalue weighted by Crippen LogP contribution is -2.30. The third-order valence-corrected chi connectivity index (χ3v) is 9.77. The lowest BCUT2D eigenvalue weighted by molar-refractivity contribution is -0.167. The van der Waals surface area contributed by atoms with Gasteiger partial charge in [0.1, 0.15) is 13.2 Å². The molecule has 0 fully saturated rings. The van der Waals surface area contributed by atoms with Crippen molar-refractivity contribution in [1.29, 1.82) is 0 Å². The maximum absolute atomic E-state index is 12.6. The van der Waals surface area contributed by atoms with Crippen LogP contribution in [0.4, 0.5) is 0 Å². The lowest BCUT2D eigenvalue weighted by atomic mass is 10.1. The number of rotatable bonds is 40. The summed E-state index contributed by atoms with van der Waals surface area (Å²) < 4.78 is 16.6. The van der Waals surface area contributed by atoms with Crippen molar-refractivity contribution in [3.63, 3.8) is 0 Å². The summed E-state index contributed by atoms with van der Waals surface area (Å²) in [7, 11) is 0. The summed E-state index contributed by atoms with van der Waals surface area (Å²) in [6.07, 6.45) is 42.1. The highest BCUT2D eigenvalue weighted by atomic mass is 16.6. The van der Waals surface area contributed by atoms with Gasteiger partial charge in [0, 0.05) is 19.3 Å². The van der Waals surface area contributed by atoms with Crippen molar-refractivity contribution < 1.29 is 28.6 Å². The van der Waals surface area contributed by atoms with E-state index in [0.717, 1.165) is 57.8 Å². The monoisotopic (exact) mass is 721 g/mol. The highest BCUT2D eigenvalue weighted by Crippen LogP contribution is 2.14. The van der Waals surface area contributed by atoms with Crippen LogP contribution < -0.4 is 0 Å². The Morgan fingerprint density at radius 3 is 0.980 bits per heavy atom. The van der Waals surface area contributed by atoms with Gasteiger partial charge < -0.3 is 14.2 Å². The number of carbonyl (C=O) groups excluding carboxylic acids is 3. The highest BCUT2D eigenvalue weighted by molar-refractivity contribution is 5.71. The fourth-order valence-electron chi connectivity index (χ4n) is 6.38. The molecule has 0 rings (SSSR count). The Hall–Kier alpha value is -1.85. The molecule has 0 aliphatic heterocycles. The minimum atomic E-state index is -0.761. The predicted molar refractivity (Wildman–Crippen MR) is 215 cm³/mol. The van der Waals surface area contributed by atoms with E-state index in [-0.39, 0.29) is 31.1 Å². The topological polar surface area (TPSA) is 78.9 Å². The fraction of sp³-hybridized carbons (Fsp3) is 0.889. The van der Waals surface area contributed by atoms with E-state index < -0.39 is 6.10 Å². The smallest absolute Gasteiger partial charge is 0.306 e. The third kappa shape index (κ3) is 39.2. The Bertz CT molecular complexity index is 794. The van der Waals surface area contributed by atoms with E-state index in [1.165, 1.54) is 141 Å². The van der Waals surface area contributed by atoms with Crippen molar-refractivity contribution in [2.45, 2.75) is 245 Å². The first-order chi connectivity index (χ1) is 25.0. The molecule has 6 nitrogen and oxygen atoms in total. The number of unbranched alkanes of at least 4 members (excludes halogenated alkanes) is 27. The molecule has 0 heterocycles. The number of hydrogen-bond acceptors (Lipinski definition) is 6. The quantitative estimate of drug-likeness (QED) is 0.0271. The SMILES string of the molecule is CCCCCCCC/C=C\CCCCCCCCCC(=O)OCC(COC(=O)CCCCCCCC)OC(=O)CCCCCCCCCCCC. The molecule has 51 heavy (non-hydrogen) atoms. The van der Waals surface area contributed by atoms with Crippen LogP contribution in [0.25, 0.3) is 0 Å². The number of hydrogen-bond donors (Lipinski definition) is 0. The Balaban J connectivity index is 4.20. The molecule has 0 radical (unpaired) electrons. The van der Waals surface area contributed by atoms with Gasteiger partial charge in [0.05, 0.1) is 0 Å². The Morgan fingerprint density at radius 2 is 0.647 bits per heavy atom. The summed E-state index contributed by atoms with van der Waals surface area (Å²) in [6, 6.07) is 0. The van der Waals surface area contributed by atoms with Crippen LogP contribution in [0.15, 0.2) is 12.2 Å². The maximum atomic E-state index is 12.6. The van der Waals surface area contributed by atoms with Crippen molar-refractivity contribution in [3.8, 4) is 0 Å². The number of esters is 3. The van der Waals surface area contributed by atoms with E-state index in [0.29, 0.717) is 19.3 Å². The molecule has 1 atom stereocenters. The first-order valence-electron chi connectivity index (χ1n) is 22.2. The van der Waals surface area contributed by atoms with Crippen molar-refractivity contribution in [2.75, 3.05) is 13.2 Å². The average Bonchev–Trinajstić information content (AvgIpc) is 3.13. The highest BCUT2D eigenvalue weighted by Gasteiger charge is 2.19. The Kier molecular flexibility index (Phi) is 39.4. The normalized spacial score (nSPS) is 12.0. The second kappa shape index (κ2) is 40.9. The van der Waals surface area contributed by atoms with Crippen LogP contribution >= 0.6 is 0 Å². The van der Waals surface area contributed by atoms with Gasteiger partial charge in [-0.1, -0.05) is 187 Å².